The minimum atomic E-state index is -5.85. The SMILES string of the molecule is CNCCCCC(=O)NC1C(OP(=O)([O-])OP(=O)([O-])OCC2OC(n3ccc(=O)[nH]c3=O)C(O)C2O)CC(CO)C(O)C1O. The van der Waals surface area contributed by atoms with Crippen molar-refractivity contribution >= 4 is 21.6 Å². The van der Waals surface area contributed by atoms with E-state index < -0.39 is 107 Å². The molecule has 0 aromatic carbocycles. The Kier molecular flexibility index (Phi) is 13.0. The van der Waals surface area contributed by atoms with Crippen molar-refractivity contribution in [3.8, 4) is 0 Å². The van der Waals surface area contributed by atoms with E-state index in [4.69, 9.17) is 9.26 Å². The second kappa shape index (κ2) is 15.6. The molecule has 252 valence electrons. The normalized spacial score (nSPS) is 33.4. The van der Waals surface area contributed by atoms with Crippen LogP contribution in [0, 0.1) is 5.92 Å². The van der Waals surface area contributed by atoms with E-state index in [-0.39, 0.29) is 6.42 Å². The van der Waals surface area contributed by atoms with Crippen molar-refractivity contribution in [2.24, 2.45) is 5.92 Å². The quantitative estimate of drug-likeness (QED) is 0.0638. The topological polar surface area (TPSA) is 314 Å². The minimum Gasteiger partial charge on any atom is -0.756 e. The summed E-state index contributed by atoms with van der Waals surface area (Å²) in [6.45, 7) is -1.18. The molecular formula is C22H36N4O16P2-2. The Morgan fingerprint density at radius 2 is 1.82 bits per heavy atom. The van der Waals surface area contributed by atoms with Gasteiger partial charge in [0, 0.05) is 31.2 Å². The number of aliphatic hydroxyl groups excluding tert-OH is 5. The number of aromatic amines is 1. The lowest BCUT2D eigenvalue weighted by Crippen LogP contribution is -2.61. The molecule has 1 aliphatic carbocycles. The van der Waals surface area contributed by atoms with Crippen LogP contribution in [0.2, 0.25) is 0 Å². The minimum absolute atomic E-state index is 0.0201. The number of ether oxygens (including phenoxy) is 1. The number of H-pyrrole nitrogens is 1. The second-order valence-corrected chi connectivity index (χ2v) is 13.2. The van der Waals surface area contributed by atoms with Crippen LogP contribution in [-0.2, 0) is 32.0 Å². The maximum absolute atomic E-state index is 12.6. The number of aliphatic hydroxyl groups is 5. The Labute approximate surface area is 249 Å². The number of nitrogens with one attached hydrogen (secondary N) is 3. The lowest BCUT2D eigenvalue weighted by atomic mass is 9.79. The molecular weight excluding hydrogens is 638 g/mol. The van der Waals surface area contributed by atoms with E-state index in [9.17, 15) is 58.8 Å². The first-order valence-electron chi connectivity index (χ1n) is 13.5. The fourth-order valence-electron chi connectivity index (χ4n) is 4.83. The molecule has 1 aliphatic heterocycles. The smallest absolute Gasteiger partial charge is 0.330 e. The van der Waals surface area contributed by atoms with Crippen LogP contribution in [0.1, 0.15) is 31.9 Å². The Bertz CT molecular complexity index is 1330. The van der Waals surface area contributed by atoms with Crippen LogP contribution >= 0.6 is 15.6 Å². The number of carbonyl (C=O) groups excluding carboxylic acids is 1. The maximum atomic E-state index is 12.6. The molecule has 1 aromatic rings. The number of amides is 1. The third kappa shape index (κ3) is 9.57. The van der Waals surface area contributed by atoms with E-state index in [1.54, 1.807) is 7.05 Å². The average Bonchev–Trinajstić information content (AvgIpc) is 3.22. The Morgan fingerprint density at radius 3 is 2.45 bits per heavy atom. The summed E-state index contributed by atoms with van der Waals surface area (Å²) in [5.41, 5.74) is -1.77. The Balaban J connectivity index is 1.64. The number of hydrogen-bond donors (Lipinski definition) is 8. The molecule has 1 saturated carbocycles. The lowest BCUT2D eigenvalue weighted by molar-refractivity contribution is -0.250. The number of carbonyl (C=O) groups is 1. The monoisotopic (exact) mass is 674 g/mol. The van der Waals surface area contributed by atoms with Crippen molar-refractivity contribution in [2.75, 3.05) is 26.8 Å². The summed E-state index contributed by atoms with van der Waals surface area (Å²) in [7, 11) is -9.93. The Morgan fingerprint density at radius 1 is 1.11 bits per heavy atom. The van der Waals surface area contributed by atoms with Gasteiger partial charge in [0.15, 0.2) is 6.23 Å². The van der Waals surface area contributed by atoms with Crippen LogP contribution in [0.5, 0.6) is 0 Å². The highest BCUT2D eigenvalue weighted by atomic mass is 31.3. The summed E-state index contributed by atoms with van der Waals surface area (Å²) in [5.74, 6) is -1.72. The van der Waals surface area contributed by atoms with Gasteiger partial charge in [-0.15, -0.1) is 0 Å². The summed E-state index contributed by atoms with van der Waals surface area (Å²) in [5, 5.41) is 56.2. The maximum Gasteiger partial charge on any atom is 0.330 e. The highest BCUT2D eigenvalue weighted by Crippen LogP contribution is 2.57. The summed E-state index contributed by atoms with van der Waals surface area (Å²) >= 11 is 0. The van der Waals surface area contributed by atoms with Crippen LogP contribution < -0.4 is 31.7 Å². The van der Waals surface area contributed by atoms with Crippen LogP contribution in [0.3, 0.4) is 0 Å². The zero-order valence-corrected chi connectivity index (χ0v) is 25.2. The molecule has 44 heavy (non-hydrogen) atoms. The molecule has 2 fully saturated rings. The van der Waals surface area contributed by atoms with Crippen molar-refractivity contribution < 1.29 is 67.3 Å². The van der Waals surface area contributed by atoms with E-state index in [2.05, 4.69) is 19.5 Å². The van der Waals surface area contributed by atoms with Gasteiger partial charge in [-0.25, -0.2) is 9.11 Å². The van der Waals surface area contributed by atoms with Gasteiger partial charge in [0.1, 0.15) is 24.4 Å². The van der Waals surface area contributed by atoms with Gasteiger partial charge in [-0.1, -0.05) is 0 Å². The van der Waals surface area contributed by atoms with Crippen molar-refractivity contribution in [3.05, 3.63) is 33.1 Å². The van der Waals surface area contributed by atoms with Crippen molar-refractivity contribution in [2.45, 2.75) is 74.6 Å². The molecule has 3 rings (SSSR count). The van der Waals surface area contributed by atoms with Gasteiger partial charge in [0.05, 0.1) is 24.9 Å². The van der Waals surface area contributed by atoms with Gasteiger partial charge >= 0.3 is 5.69 Å². The molecule has 11 atom stereocenters. The fourth-order valence-corrected chi connectivity index (χ4v) is 7.03. The van der Waals surface area contributed by atoms with Gasteiger partial charge in [-0.05, 0) is 32.9 Å². The van der Waals surface area contributed by atoms with Crippen LogP contribution in [0.4, 0.5) is 0 Å². The van der Waals surface area contributed by atoms with Gasteiger partial charge in [-0.3, -0.25) is 28.3 Å². The highest BCUT2D eigenvalue weighted by molar-refractivity contribution is 7.59. The number of hydrogen-bond acceptors (Lipinski definition) is 17. The van der Waals surface area contributed by atoms with Crippen LogP contribution in [0.15, 0.2) is 21.9 Å². The molecule has 1 saturated heterocycles. The van der Waals surface area contributed by atoms with E-state index in [0.717, 1.165) is 16.8 Å². The number of nitrogens with zero attached hydrogens (tertiary/aromatic N) is 1. The molecule has 0 spiro atoms. The van der Waals surface area contributed by atoms with Gasteiger partial charge in [0.25, 0.3) is 21.2 Å². The molecule has 2 heterocycles. The average molecular weight is 674 g/mol. The molecule has 22 heteroatoms. The lowest BCUT2D eigenvalue weighted by Gasteiger charge is -2.44. The number of unbranched alkanes of at least 4 members (excludes halogenated alkanes) is 1. The van der Waals surface area contributed by atoms with Crippen LogP contribution in [0.25, 0.3) is 0 Å². The van der Waals surface area contributed by atoms with Gasteiger partial charge in [0.2, 0.25) is 5.91 Å². The fraction of sp³-hybridized carbons (Fsp3) is 0.773. The van der Waals surface area contributed by atoms with Gasteiger partial charge < -0.3 is 59.7 Å². The predicted molar refractivity (Wildman–Crippen MR) is 141 cm³/mol. The van der Waals surface area contributed by atoms with E-state index in [0.29, 0.717) is 19.4 Å². The summed E-state index contributed by atoms with van der Waals surface area (Å²) < 4.78 is 44.5. The first-order valence-corrected chi connectivity index (χ1v) is 16.4. The third-order valence-electron chi connectivity index (χ3n) is 7.10. The first kappa shape index (κ1) is 36.6. The van der Waals surface area contributed by atoms with Crippen molar-refractivity contribution in [3.63, 3.8) is 0 Å². The number of aromatic nitrogens is 2. The number of phosphoric ester groups is 2. The third-order valence-corrected chi connectivity index (χ3v) is 9.70. The molecule has 0 bridgehead atoms. The van der Waals surface area contributed by atoms with Crippen LogP contribution in [-0.4, -0.2) is 110 Å². The number of rotatable bonds is 15. The Hall–Kier alpha value is -1.87. The molecule has 1 amide bonds. The molecule has 8 N–H and O–H groups in total. The predicted octanol–water partition coefficient (Wildman–Crippen LogP) is -4.88. The summed E-state index contributed by atoms with van der Waals surface area (Å²) in [6.07, 6.45) is -10.3. The zero-order chi connectivity index (χ0) is 32.8. The molecule has 20 nitrogen and oxygen atoms in total. The largest absolute Gasteiger partial charge is 0.756 e. The second-order valence-electron chi connectivity index (χ2n) is 10.3. The van der Waals surface area contributed by atoms with Crippen molar-refractivity contribution in [1.82, 2.24) is 20.2 Å². The first-order chi connectivity index (χ1) is 20.6. The van der Waals surface area contributed by atoms with E-state index in [1.807, 2.05) is 4.98 Å². The molecule has 11 unspecified atom stereocenters. The number of phosphoric acid groups is 2. The molecule has 0 radical (unpaired) electrons. The standard InChI is InChI=1S/C22H38N4O16P2/c1-23-6-3-2-4-14(28)24-16-12(8-11(9-27)17(30)19(16)32)41-44(37,38)42-43(35,36)39-10-13-18(31)20(33)21(40-13)26-7-5-15(29)25-22(26)34/h5,7,11-13,16-21,23,27,30-33H,2-4,6,8-10H2,1H3,(H,24,28)(H,35,36)(H,37,38)(H,25,29,34)/p-2. The highest BCUT2D eigenvalue weighted by Gasteiger charge is 2.47. The van der Waals surface area contributed by atoms with E-state index in [1.165, 1.54) is 0 Å². The molecule has 2 aliphatic rings. The molecule has 1 aromatic heterocycles. The van der Waals surface area contributed by atoms with Gasteiger partial charge in [-0.2, -0.15) is 0 Å². The summed E-state index contributed by atoms with van der Waals surface area (Å²) in [4.78, 5) is 62.6. The van der Waals surface area contributed by atoms with E-state index >= 15 is 0 Å². The zero-order valence-electron chi connectivity index (χ0n) is 23.4. The summed E-state index contributed by atoms with van der Waals surface area (Å²) in [6, 6.07) is -0.617. The van der Waals surface area contributed by atoms with Crippen molar-refractivity contribution in [1.29, 1.82) is 0 Å².